The minimum absolute atomic E-state index is 0.0143. The van der Waals surface area contributed by atoms with Gasteiger partial charge in [0.15, 0.2) is 0 Å². The van der Waals surface area contributed by atoms with Crippen LogP contribution in [0.3, 0.4) is 0 Å². The van der Waals surface area contributed by atoms with Gasteiger partial charge < -0.3 is 10.2 Å². The van der Waals surface area contributed by atoms with Crippen molar-refractivity contribution < 1.29 is 9.59 Å². The van der Waals surface area contributed by atoms with Crippen LogP contribution < -0.4 is 5.32 Å². The maximum absolute atomic E-state index is 12.9. The van der Waals surface area contributed by atoms with Gasteiger partial charge in [0.25, 0.3) is 0 Å². The van der Waals surface area contributed by atoms with Crippen LogP contribution in [0, 0.1) is 12.8 Å². The number of aryl methyl sites for hydroxylation is 1. The van der Waals surface area contributed by atoms with E-state index in [9.17, 15) is 9.59 Å². The third-order valence-electron chi connectivity index (χ3n) is 5.34. The van der Waals surface area contributed by atoms with Gasteiger partial charge in [0.2, 0.25) is 11.8 Å². The average Bonchev–Trinajstić information content (AvgIpc) is 3.43. The van der Waals surface area contributed by atoms with E-state index in [0.29, 0.717) is 19.0 Å². The molecule has 0 spiro atoms. The Hall–Kier alpha value is -1.88. The van der Waals surface area contributed by atoms with E-state index in [-0.39, 0.29) is 24.3 Å². The molecule has 0 bridgehead atoms. The topological polar surface area (TPSA) is 52.7 Å². The fourth-order valence-electron chi connectivity index (χ4n) is 3.60. The van der Waals surface area contributed by atoms with Crippen molar-refractivity contribution in [1.29, 1.82) is 0 Å². The molecule has 2 fully saturated rings. The molecule has 1 unspecified atom stereocenters. The number of carbonyl (C=O) groups excluding carboxylic acids is 2. The Bertz CT molecular complexity index is 625. The van der Waals surface area contributed by atoms with E-state index in [4.69, 9.17) is 0 Å². The number of carbonyl (C=O) groups is 2. The fraction of sp³-hybridized carbons (Fsp3) is 0.619. The molecule has 1 atom stereocenters. The lowest BCUT2D eigenvalue weighted by Crippen LogP contribution is -2.56. The van der Waals surface area contributed by atoms with Gasteiger partial charge >= 0.3 is 0 Å². The molecule has 1 N–H and O–H groups in total. The zero-order chi connectivity index (χ0) is 18.5. The predicted molar refractivity (Wildman–Crippen MR) is 103 cm³/mol. The van der Waals surface area contributed by atoms with Crippen molar-refractivity contribution in [2.24, 2.45) is 5.92 Å². The van der Waals surface area contributed by atoms with E-state index in [1.165, 1.54) is 24.0 Å². The summed E-state index contributed by atoms with van der Waals surface area (Å²) < 4.78 is 0. The molecule has 3 rings (SSSR count). The van der Waals surface area contributed by atoms with Crippen LogP contribution in [-0.4, -0.2) is 53.8 Å². The van der Waals surface area contributed by atoms with Gasteiger partial charge in [-0.05, 0) is 37.7 Å². The van der Waals surface area contributed by atoms with E-state index in [0.717, 1.165) is 26.1 Å². The van der Waals surface area contributed by atoms with Crippen LogP contribution in [0.5, 0.6) is 0 Å². The minimum atomic E-state index is -0.365. The quantitative estimate of drug-likeness (QED) is 0.777. The number of piperazine rings is 1. The Balaban J connectivity index is 1.65. The van der Waals surface area contributed by atoms with Gasteiger partial charge in [-0.1, -0.05) is 36.8 Å². The highest BCUT2D eigenvalue weighted by Crippen LogP contribution is 2.30. The van der Waals surface area contributed by atoms with Crippen molar-refractivity contribution >= 4 is 11.8 Å². The lowest BCUT2D eigenvalue weighted by atomic mass is 10.1. The summed E-state index contributed by atoms with van der Waals surface area (Å²) in [7, 11) is 0. The first-order valence-corrected chi connectivity index (χ1v) is 9.92. The highest BCUT2D eigenvalue weighted by Gasteiger charge is 2.34. The van der Waals surface area contributed by atoms with E-state index in [1.807, 2.05) is 4.90 Å². The number of hydrogen-bond acceptors (Lipinski definition) is 3. The smallest absolute Gasteiger partial charge is 0.237 e. The molecule has 0 radical (unpaired) electrons. The Kier molecular flexibility index (Phi) is 6.30. The lowest BCUT2D eigenvalue weighted by Gasteiger charge is -2.36. The first-order chi connectivity index (χ1) is 12.6. The molecule has 1 aliphatic carbocycles. The van der Waals surface area contributed by atoms with Gasteiger partial charge in [0.1, 0.15) is 0 Å². The Labute approximate surface area is 156 Å². The first-order valence-electron chi connectivity index (χ1n) is 9.92. The molecule has 142 valence electrons. The molecule has 5 nitrogen and oxygen atoms in total. The van der Waals surface area contributed by atoms with Crippen molar-refractivity contribution in [3.63, 3.8) is 0 Å². The summed E-state index contributed by atoms with van der Waals surface area (Å²) in [4.78, 5) is 29.5. The molecule has 1 saturated heterocycles. The molecule has 0 aromatic heterocycles. The fourth-order valence-corrected chi connectivity index (χ4v) is 3.60. The Morgan fingerprint density at radius 1 is 1.27 bits per heavy atom. The van der Waals surface area contributed by atoms with Gasteiger partial charge in [0, 0.05) is 32.7 Å². The third-order valence-corrected chi connectivity index (χ3v) is 5.34. The van der Waals surface area contributed by atoms with Crippen LogP contribution in [0.2, 0.25) is 0 Å². The molecule has 1 aromatic rings. The highest BCUT2D eigenvalue weighted by molar-refractivity contribution is 5.88. The first kappa shape index (κ1) is 18.9. The van der Waals surface area contributed by atoms with Crippen LogP contribution in [0.4, 0.5) is 0 Å². The maximum Gasteiger partial charge on any atom is 0.237 e. The number of nitrogens with zero attached hydrogens (tertiary/aromatic N) is 2. The summed E-state index contributed by atoms with van der Waals surface area (Å²) in [6.07, 6.45) is 3.71. The third kappa shape index (κ3) is 5.07. The van der Waals surface area contributed by atoms with E-state index in [2.05, 4.69) is 48.3 Å². The molecule has 1 aromatic carbocycles. The van der Waals surface area contributed by atoms with E-state index in [1.54, 1.807) is 0 Å². The summed E-state index contributed by atoms with van der Waals surface area (Å²) in [6, 6.07) is 8.04. The SMILES string of the molecule is CCCN(CC1CC1)C(=O)CC1C(=O)NCCN1Cc1ccc(C)cc1. The molecule has 2 amide bonds. The van der Waals surface area contributed by atoms with Gasteiger partial charge in [0.05, 0.1) is 12.5 Å². The van der Waals surface area contributed by atoms with Crippen molar-refractivity contribution in [2.75, 3.05) is 26.2 Å². The second-order valence-corrected chi connectivity index (χ2v) is 7.75. The second kappa shape index (κ2) is 8.67. The van der Waals surface area contributed by atoms with Crippen LogP contribution in [0.15, 0.2) is 24.3 Å². The molecule has 1 heterocycles. The van der Waals surface area contributed by atoms with Crippen molar-refractivity contribution in [3.05, 3.63) is 35.4 Å². The average molecular weight is 357 g/mol. The number of benzene rings is 1. The molecular formula is C21H31N3O2. The van der Waals surface area contributed by atoms with Crippen molar-refractivity contribution in [2.45, 2.75) is 52.1 Å². The number of hydrogen-bond donors (Lipinski definition) is 1. The lowest BCUT2D eigenvalue weighted by molar-refractivity contribution is -0.139. The van der Waals surface area contributed by atoms with Gasteiger partial charge in [-0.15, -0.1) is 0 Å². The zero-order valence-corrected chi connectivity index (χ0v) is 16.0. The van der Waals surface area contributed by atoms with Crippen molar-refractivity contribution in [3.8, 4) is 0 Å². The summed E-state index contributed by atoms with van der Waals surface area (Å²) in [6.45, 7) is 7.97. The Morgan fingerprint density at radius 3 is 2.65 bits per heavy atom. The molecule has 1 saturated carbocycles. The minimum Gasteiger partial charge on any atom is -0.353 e. The van der Waals surface area contributed by atoms with Crippen LogP contribution in [-0.2, 0) is 16.1 Å². The molecule has 1 aliphatic heterocycles. The second-order valence-electron chi connectivity index (χ2n) is 7.75. The summed E-state index contributed by atoms with van der Waals surface area (Å²) >= 11 is 0. The van der Waals surface area contributed by atoms with Crippen molar-refractivity contribution in [1.82, 2.24) is 15.1 Å². The number of nitrogens with one attached hydrogen (secondary N) is 1. The molecule has 26 heavy (non-hydrogen) atoms. The number of amides is 2. The van der Waals surface area contributed by atoms with E-state index >= 15 is 0 Å². The molecular weight excluding hydrogens is 326 g/mol. The normalized spacial score (nSPS) is 20.7. The van der Waals surface area contributed by atoms with Crippen LogP contribution >= 0.6 is 0 Å². The molecule has 5 heteroatoms. The Morgan fingerprint density at radius 2 is 2.00 bits per heavy atom. The van der Waals surface area contributed by atoms with E-state index < -0.39 is 0 Å². The van der Waals surface area contributed by atoms with Gasteiger partial charge in [-0.3, -0.25) is 14.5 Å². The maximum atomic E-state index is 12.9. The zero-order valence-electron chi connectivity index (χ0n) is 16.0. The van der Waals surface area contributed by atoms with Crippen LogP contribution in [0.25, 0.3) is 0 Å². The largest absolute Gasteiger partial charge is 0.353 e. The van der Waals surface area contributed by atoms with Gasteiger partial charge in [-0.2, -0.15) is 0 Å². The molecule has 2 aliphatic rings. The summed E-state index contributed by atoms with van der Waals surface area (Å²) in [5, 5.41) is 2.94. The summed E-state index contributed by atoms with van der Waals surface area (Å²) in [5.41, 5.74) is 2.42. The van der Waals surface area contributed by atoms with Gasteiger partial charge in [-0.25, -0.2) is 0 Å². The predicted octanol–water partition coefficient (Wildman–Crippen LogP) is 2.33. The number of rotatable bonds is 8. The highest BCUT2D eigenvalue weighted by atomic mass is 16.2. The van der Waals surface area contributed by atoms with Crippen LogP contribution in [0.1, 0.15) is 43.7 Å². The summed E-state index contributed by atoms with van der Waals surface area (Å²) in [5.74, 6) is 0.781. The monoisotopic (exact) mass is 357 g/mol. The standard InChI is InChI=1S/C21H31N3O2/c1-3-11-24(15-18-8-9-18)20(25)13-19-21(26)22-10-12-23(19)14-17-6-4-16(2)5-7-17/h4-7,18-19H,3,8-15H2,1-2H3,(H,22,26).